The summed E-state index contributed by atoms with van der Waals surface area (Å²) >= 11 is 10.0. The fourth-order valence-electron chi connectivity index (χ4n) is 6.18. The average Bonchev–Trinajstić information content (AvgIpc) is 3.04. The van der Waals surface area contributed by atoms with Crippen LogP contribution in [0.5, 0.6) is 0 Å². The van der Waals surface area contributed by atoms with Crippen molar-refractivity contribution in [1.29, 1.82) is 0 Å². The number of nitrogens with one attached hydrogen (secondary N) is 1. The van der Waals surface area contributed by atoms with Gasteiger partial charge in [0.2, 0.25) is 5.91 Å². The van der Waals surface area contributed by atoms with E-state index in [4.69, 9.17) is 21.3 Å². The summed E-state index contributed by atoms with van der Waals surface area (Å²) in [6.45, 7) is 5.06. The van der Waals surface area contributed by atoms with Crippen LogP contribution in [0.15, 0.2) is 34.9 Å². The SMILES string of the molecule is COCC[C@H]1CN(C2c3ccc(Cl)cc3CCc3cc(Br)cnc32)CCN1C(=O)CC1CCNCC1. The normalized spacial score (nSPS) is 23.1. The maximum absolute atomic E-state index is 13.5. The number of aryl methyl sites for hydroxylation is 2. The molecule has 194 valence electrons. The zero-order valence-electron chi connectivity index (χ0n) is 21.0. The number of methoxy groups -OCH3 is 1. The summed E-state index contributed by atoms with van der Waals surface area (Å²) in [6.07, 6.45) is 7.47. The molecule has 1 aliphatic carbocycles. The van der Waals surface area contributed by atoms with Crippen LogP contribution in [0, 0.1) is 5.92 Å². The maximum Gasteiger partial charge on any atom is 0.223 e. The van der Waals surface area contributed by atoms with E-state index in [0.717, 1.165) is 80.0 Å². The largest absolute Gasteiger partial charge is 0.385 e. The van der Waals surface area contributed by atoms with Crippen molar-refractivity contribution in [3.8, 4) is 0 Å². The van der Waals surface area contributed by atoms with Gasteiger partial charge < -0.3 is 15.0 Å². The molecular weight excluding hydrogens is 540 g/mol. The summed E-state index contributed by atoms with van der Waals surface area (Å²) in [4.78, 5) is 23.1. The minimum absolute atomic E-state index is 0.0505. The van der Waals surface area contributed by atoms with Crippen LogP contribution in [0.3, 0.4) is 0 Å². The van der Waals surface area contributed by atoms with Gasteiger partial charge in [0.15, 0.2) is 0 Å². The first-order valence-electron chi connectivity index (χ1n) is 13.2. The van der Waals surface area contributed by atoms with Crippen molar-refractivity contribution in [3.05, 3.63) is 62.3 Å². The molecule has 6 nitrogen and oxygen atoms in total. The van der Waals surface area contributed by atoms with E-state index in [1.54, 1.807) is 7.11 Å². The van der Waals surface area contributed by atoms with Gasteiger partial charge in [0.25, 0.3) is 0 Å². The van der Waals surface area contributed by atoms with Gasteiger partial charge in [-0.1, -0.05) is 17.7 Å². The molecule has 2 fully saturated rings. The Morgan fingerprint density at radius 1 is 1.19 bits per heavy atom. The van der Waals surface area contributed by atoms with E-state index in [9.17, 15) is 4.79 Å². The number of fused-ring (bicyclic) bond motifs is 2. The second-order valence-electron chi connectivity index (χ2n) is 10.4. The third-order valence-corrected chi connectivity index (χ3v) is 8.74. The van der Waals surface area contributed by atoms with E-state index in [1.807, 2.05) is 12.3 Å². The van der Waals surface area contributed by atoms with Crippen molar-refractivity contribution in [1.82, 2.24) is 20.1 Å². The molecule has 1 unspecified atom stereocenters. The molecule has 0 bridgehead atoms. The number of piperidine rings is 1. The summed E-state index contributed by atoms with van der Waals surface area (Å²) in [6, 6.07) is 8.69. The first-order valence-corrected chi connectivity index (χ1v) is 14.4. The number of piperazine rings is 1. The molecule has 3 heterocycles. The van der Waals surface area contributed by atoms with Crippen LogP contribution in [0.4, 0.5) is 0 Å². The van der Waals surface area contributed by atoms with Crippen LogP contribution in [0.1, 0.15) is 54.1 Å². The molecule has 0 spiro atoms. The monoisotopic (exact) mass is 574 g/mol. The summed E-state index contributed by atoms with van der Waals surface area (Å²) in [5, 5.41) is 4.19. The molecule has 1 amide bonds. The first kappa shape index (κ1) is 26.1. The number of amides is 1. The quantitative estimate of drug-likeness (QED) is 0.545. The number of rotatable bonds is 6. The predicted molar refractivity (Wildman–Crippen MR) is 146 cm³/mol. The summed E-state index contributed by atoms with van der Waals surface area (Å²) in [5.41, 5.74) is 4.98. The Balaban J connectivity index is 1.42. The smallest absolute Gasteiger partial charge is 0.223 e. The molecule has 1 N–H and O–H groups in total. The standard InChI is InChI=1S/C28H36BrClN4O2/c1-36-13-8-24-18-33(11-12-34(24)26(35)14-19-6-9-31-10-7-19)28-25-5-4-23(30)16-20(25)2-3-21-15-22(29)17-32-27(21)28/h4-5,15-17,19,24,28,31H,2-3,6-14,18H2,1H3/t24-,28?/m0/s1. The molecule has 1 aromatic heterocycles. The number of ether oxygens (including phenoxy) is 1. The zero-order chi connectivity index (χ0) is 25.1. The highest BCUT2D eigenvalue weighted by molar-refractivity contribution is 9.10. The van der Waals surface area contributed by atoms with Crippen molar-refractivity contribution in [2.24, 2.45) is 5.92 Å². The van der Waals surface area contributed by atoms with Crippen molar-refractivity contribution < 1.29 is 9.53 Å². The molecule has 2 aliphatic heterocycles. The van der Waals surface area contributed by atoms with Crippen LogP contribution < -0.4 is 5.32 Å². The predicted octanol–water partition coefficient (Wildman–Crippen LogP) is 4.62. The molecule has 1 aromatic carbocycles. The van der Waals surface area contributed by atoms with Gasteiger partial charge in [-0.05, 0) is 102 Å². The number of carbonyl (C=O) groups excluding carboxylic acids is 1. The second kappa shape index (κ2) is 11.9. The van der Waals surface area contributed by atoms with E-state index in [-0.39, 0.29) is 12.1 Å². The van der Waals surface area contributed by atoms with Gasteiger partial charge in [-0.25, -0.2) is 0 Å². The molecule has 5 rings (SSSR count). The number of carbonyl (C=O) groups is 1. The average molecular weight is 576 g/mol. The number of benzene rings is 1. The van der Waals surface area contributed by atoms with Gasteiger partial charge in [-0.3, -0.25) is 14.7 Å². The summed E-state index contributed by atoms with van der Waals surface area (Å²) in [7, 11) is 1.74. The molecule has 8 heteroatoms. The third kappa shape index (κ3) is 5.81. The van der Waals surface area contributed by atoms with E-state index in [1.165, 1.54) is 16.7 Å². The minimum atomic E-state index is 0.0505. The van der Waals surface area contributed by atoms with Gasteiger partial charge in [-0.15, -0.1) is 0 Å². The highest BCUT2D eigenvalue weighted by Crippen LogP contribution is 2.39. The van der Waals surface area contributed by atoms with Crippen molar-refractivity contribution in [3.63, 3.8) is 0 Å². The Bertz CT molecular complexity index is 1020. The van der Waals surface area contributed by atoms with Crippen LogP contribution in [-0.2, 0) is 22.4 Å². The number of nitrogens with zero attached hydrogens (tertiary/aromatic N) is 3. The van der Waals surface area contributed by atoms with Crippen LogP contribution in [-0.4, -0.2) is 73.2 Å². The Morgan fingerprint density at radius 2 is 2.00 bits per heavy atom. The molecule has 3 aliphatic rings. The molecule has 0 radical (unpaired) electrons. The lowest BCUT2D eigenvalue weighted by Crippen LogP contribution is -2.56. The molecule has 36 heavy (non-hydrogen) atoms. The topological polar surface area (TPSA) is 57.7 Å². The van der Waals surface area contributed by atoms with E-state index in [2.05, 4.69) is 49.2 Å². The fraction of sp³-hybridized carbons (Fsp3) is 0.571. The van der Waals surface area contributed by atoms with Gasteiger partial charge in [0, 0.05) is 61.5 Å². The van der Waals surface area contributed by atoms with Crippen molar-refractivity contribution in [2.75, 3.05) is 46.4 Å². The zero-order valence-corrected chi connectivity index (χ0v) is 23.4. The Morgan fingerprint density at radius 3 is 2.81 bits per heavy atom. The van der Waals surface area contributed by atoms with Crippen LogP contribution in [0.2, 0.25) is 5.02 Å². The lowest BCUT2D eigenvalue weighted by atomic mass is 9.92. The van der Waals surface area contributed by atoms with E-state index in [0.29, 0.717) is 24.9 Å². The van der Waals surface area contributed by atoms with Gasteiger partial charge in [-0.2, -0.15) is 0 Å². The second-order valence-corrected chi connectivity index (χ2v) is 11.7. The Hall–Kier alpha value is -1.51. The van der Waals surface area contributed by atoms with Gasteiger partial charge in [0.05, 0.1) is 11.7 Å². The Kier molecular flexibility index (Phi) is 8.64. The number of hydrogen-bond donors (Lipinski definition) is 1. The molecule has 2 aromatic rings. The Labute approximate surface area is 227 Å². The first-order chi connectivity index (χ1) is 17.5. The van der Waals surface area contributed by atoms with Crippen LogP contribution in [0.25, 0.3) is 0 Å². The van der Waals surface area contributed by atoms with Crippen molar-refractivity contribution >= 4 is 33.4 Å². The maximum atomic E-state index is 13.5. The molecule has 2 atom stereocenters. The molecule has 0 saturated carbocycles. The van der Waals surface area contributed by atoms with Gasteiger partial charge >= 0.3 is 0 Å². The van der Waals surface area contributed by atoms with E-state index < -0.39 is 0 Å². The number of halogens is 2. The molecular formula is C28H36BrClN4O2. The lowest BCUT2D eigenvalue weighted by Gasteiger charge is -2.45. The lowest BCUT2D eigenvalue weighted by molar-refractivity contribution is -0.138. The van der Waals surface area contributed by atoms with Crippen LogP contribution >= 0.6 is 27.5 Å². The molecule has 2 saturated heterocycles. The van der Waals surface area contributed by atoms with E-state index >= 15 is 0 Å². The number of hydrogen-bond acceptors (Lipinski definition) is 5. The van der Waals surface area contributed by atoms with Crippen molar-refractivity contribution in [2.45, 2.75) is 50.6 Å². The number of pyridine rings is 1. The minimum Gasteiger partial charge on any atom is -0.385 e. The van der Waals surface area contributed by atoms with Gasteiger partial charge in [0.1, 0.15) is 0 Å². The summed E-state index contributed by atoms with van der Waals surface area (Å²) in [5.74, 6) is 0.797. The highest BCUT2D eigenvalue weighted by Gasteiger charge is 2.37. The fourth-order valence-corrected chi connectivity index (χ4v) is 6.75. The summed E-state index contributed by atoms with van der Waals surface area (Å²) < 4.78 is 6.47. The highest BCUT2D eigenvalue weighted by atomic mass is 79.9. The third-order valence-electron chi connectivity index (χ3n) is 8.07. The number of aromatic nitrogens is 1.